The van der Waals surface area contributed by atoms with E-state index in [2.05, 4.69) is 5.32 Å². The summed E-state index contributed by atoms with van der Waals surface area (Å²) in [5.74, 6) is -0.665. The molecule has 0 aliphatic carbocycles. The number of sulfonamides is 1. The van der Waals surface area contributed by atoms with Crippen molar-refractivity contribution in [2.45, 2.75) is 45.8 Å². The average molecular weight is 545 g/mol. The van der Waals surface area contributed by atoms with E-state index in [-0.39, 0.29) is 29.9 Å². The third-order valence-corrected chi connectivity index (χ3v) is 7.07. The van der Waals surface area contributed by atoms with Gasteiger partial charge in [0.1, 0.15) is 18.3 Å². The van der Waals surface area contributed by atoms with Crippen LogP contribution in [0.3, 0.4) is 0 Å². The normalized spacial score (nSPS) is 12.2. The van der Waals surface area contributed by atoms with Gasteiger partial charge in [-0.05, 0) is 44.5 Å². The quantitative estimate of drug-likeness (QED) is 0.460. The van der Waals surface area contributed by atoms with Gasteiger partial charge in [0, 0.05) is 28.2 Å². The Hall–Kier alpha value is -2.49. The number of para-hydroxylation sites is 2. The molecule has 192 valence electrons. The summed E-state index contributed by atoms with van der Waals surface area (Å²) in [5, 5.41) is 3.49. The van der Waals surface area contributed by atoms with E-state index < -0.39 is 28.5 Å². The summed E-state index contributed by atoms with van der Waals surface area (Å²) in [7, 11) is -2.47. The summed E-state index contributed by atoms with van der Waals surface area (Å²) in [4.78, 5) is 28.0. The topological polar surface area (TPSA) is 96.0 Å². The largest absolute Gasteiger partial charge is 0.495 e. The smallest absolute Gasteiger partial charge is 0.244 e. The molecule has 0 bridgehead atoms. The number of rotatable bonds is 11. The van der Waals surface area contributed by atoms with Gasteiger partial charge in [-0.1, -0.05) is 48.3 Å². The molecule has 0 aliphatic rings. The summed E-state index contributed by atoms with van der Waals surface area (Å²) in [6.07, 6.45) is 1.30. The lowest BCUT2D eigenvalue weighted by molar-refractivity contribution is -0.140. The number of nitrogens with zero attached hydrogens (tertiary/aromatic N) is 2. The van der Waals surface area contributed by atoms with Crippen LogP contribution < -0.4 is 14.4 Å². The highest BCUT2D eigenvalue weighted by Gasteiger charge is 2.33. The first-order valence-corrected chi connectivity index (χ1v) is 13.6. The fourth-order valence-corrected chi connectivity index (χ4v) is 4.95. The molecule has 0 aromatic heterocycles. The zero-order chi connectivity index (χ0) is 26.3. The number of hydrogen-bond acceptors (Lipinski definition) is 5. The molecule has 0 saturated carbocycles. The summed E-state index contributed by atoms with van der Waals surface area (Å²) in [6, 6.07) is 10.4. The fourth-order valence-electron chi connectivity index (χ4n) is 3.58. The van der Waals surface area contributed by atoms with E-state index in [0.717, 1.165) is 10.6 Å². The van der Waals surface area contributed by atoms with Crippen molar-refractivity contribution in [2.75, 3.05) is 24.2 Å². The molecule has 0 aliphatic heterocycles. The average Bonchev–Trinajstić information content (AvgIpc) is 2.77. The number of halogens is 2. The van der Waals surface area contributed by atoms with Crippen LogP contribution in [0, 0.1) is 0 Å². The minimum atomic E-state index is -3.89. The Morgan fingerprint density at radius 3 is 2.17 bits per heavy atom. The number of anilines is 1. The van der Waals surface area contributed by atoms with Crippen LogP contribution in [0.5, 0.6) is 5.75 Å². The zero-order valence-corrected chi connectivity index (χ0v) is 22.7. The highest BCUT2D eigenvalue weighted by molar-refractivity contribution is 7.92. The van der Waals surface area contributed by atoms with Crippen LogP contribution in [0.25, 0.3) is 0 Å². The number of ether oxygens (including phenoxy) is 1. The number of methoxy groups -OCH3 is 1. The van der Waals surface area contributed by atoms with Crippen molar-refractivity contribution >= 4 is 50.7 Å². The van der Waals surface area contributed by atoms with Crippen LogP contribution in [0.2, 0.25) is 10.0 Å². The number of carbonyl (C=O) groups excluding carboxylic acids is 2. The van der Waals surface area contributed by atoms with Gasteiger partial charge in [0.05, 0.1) is 19.1 Å². The molecule has 1 N–H and O–H groups in total. The number of amides is 2. The van der Waals surface area contributed by atoms with Gasteiger partial charge >= 0.3 is 0 Å². The summed E-state index contributed by atoms with van der Waals surface area (Å²) in [5.41, 5.74) is 0.671. The molecule has 0 unspecified atom stereocenters. The van der Waals surface area contributed by atoms with E-state index >= 15 is 0 Å². The van der Waals surface area contributed by atoms with Crippen LogP contribution in [-0.2, 0) is 26.2 Å². The molecule has 2 rings (SSSR count). The van der Waals surface area contributed by atoms with Crippen LogP contribution in [0.15, 0.2) is 42.5 Å². The van der Waals surface area contributed by atoms with Crippen molar-refractivity contribution in [3.63, 3.8) is 0 Å². The van der Waals surface area contributed by atoms with Gasteiger partial charge in [0.15, 0.2) is 0 Å². The lowest BCUT2D eigenvalue weighted by Gasteiger charge is -2.33. The predicted octanol–water partition coefficient (Wildman–Crippen LogP) is 4.10. The molecule has 2 aromatic carbocycles. The van der Waals surface area contributed by atoms with E-state index in [4.69, 9.17) is 27.9 Å². The second-order valence-electron chi connectivity index (χ2n) is 8.25. The first-order chi connectivity index (χ1) is 16.4. The van der Waals surface area contributed by atoms with E-state index in [9.17, 15) is 18.0 Å². The summed E-state index contributed by atoms with van der Waals surface area (Å²) >= 11 is 12.7. The Labute approximate surface area is 217 Å². The van der Waals surface area contributed by atoms with Crippen LogP contribution in [0.1, 0.15) is 32.8 Å². The van der Waals surface area contributed by atoms with Gasteiger partial charge in [0.2, 0.25) is 21.8 Å². The first-order valence-electron chi connectivity index (χ1n) is 11.0. The summed E-state index contributed by atoms with van der Waals surface area (Å²) in [6.45, 7) is 4.77. The molecule has 0 heterocycles. The molecule has 0 saturated heterocycles. The number of carbonyl (C=O) groups is 2. The molecular weight excluding hydrogens is 513 g/mol. The van der Waals surface area contributed by atoms with Crippen LogP contribution in [-0.4, -0.2) is 57.1 Å². The van der Waals surface area contributed by atoms with Crippen LogP contribution >= 0.6 is 23.2 Å². The van der Waals surface area contributed by atoms with Crippen molar-refractivity contribution < 1.29 is 22.7 Å². The van der Waals surface area contributed by atoms with Crippen molar-refractivity contribution in [3.8, 4) is 5.75 Å². The number of hydrogen-bond donors (Lipinski definition) is 1. The van der Waals surface area contributed by atoms with Gasteiger partial charge in [-0.3, -0.25) is 13.9 Å². The minimum absolute atomic E-state index is 0.0785. The first kappa shape index (κ1) is 28.7. The van der Waals surface area contributed by atoms with Gasteiger partial charge in [0.25, 0.3) is 0 Å². The third kappa shape index (κ3) is 7.49. The van der Waals surface area contributed by atoms with E-state index in [1.165, 1.54) is 12.0 Å². The second-order valence-corrected chi connectivity index (χ2v) is 11.0. The second kappa shape index (κ2) is 12.5. The van der Waals surface area contributed by atoms with Crippen molar-refractivity contribution in [2.24, 2.45) is 0 Å². The standard InChI is InChI=1S/C24H31Cl2N3O5S/c1-6-20(24(31)27-16(2)3)28(14-17-18(25)10-9-11-19(17)26)23(30)15-29(35(5,32)33)21-12-7-8-13-22(21)34-4/h7-13,16,20H,6,14-15H2,1-5H3,(H,27,31)/t20-/m1/s1. The Morgan fingerprint density at radius 1 is 1.06 bits per heavy atom. The van der Waals surface area contributed by atoms with Gasteiger partial charge in [-0.2, -0.15) is 0 Å². The highest BCUT2D eigenvalue weighted by Crippen LogP contribution is 2.31. The maximum absolute atomic E-state index is 13.7. The third-order valence-electron chi connectivity index (χ3n) is 5.24. The zero-order valence-electron chi connectivity index (χ0n) is 20.4. The fraction of sp³-hybridized carbons (Fsp3) is 0.417. The molecular formula is C24H31Cl2N3O5S. The SMILES string of the molecule is CC[C@H](C(=O)NC(C)C)N(Cc1c(Cl)cccc1Cl)C(=O)CN(c1ccccc1OC)S(C)(=O)=O. The lowest BCUT2D eigenvalue weighted by Crippen LogP contribution is -2.53. The minimum Gasteiger partial charge on any atom is -0.495 e. The molecule has 1 atom stereocenters. The van der Waals surface area contributed by atoms with Gasteiger partial charge in [-0.25, -0.2) is 8.42 Å². The van der Waals surface area contributed by atoms with E-state index in [1.54, 1.807) is 49.4 Å². The van der Waals surface area contributed by atoms with E-state index in [0.29, 0.717) is 22.0 Å². The Kier molecular flexibility index (Phi) is 10.2. The van der Waals surface area contributed by atoms with Gasteiger partial charge in [-0.15, -0.1) is 0 Å². The molecule has 0 spiro atoms. The molecule has 8 nitrogen and oxygen atoms in total. The molecule has 2 aromatic rings. The van der Waals surface area contributed by atoms with Crippen molar-refractivity contribution in [1.82, 2.24) is 10.2 Å². The predicted molar refractivity (Wildman–Crippen MR) is 140 cm³/mol. The van der Waals surface area contributed by atoms with E-state index in [1.807, 2.05) is 13.8 Å². The highest BCUT2D eigenvalue weighted by atomic mass is 35.5. The number of benzene rings is 2. The molecule has 0 fully saturated rings. The Bertz CT molecular complexity index is 1140. The van der Waals surface area contributed by atoms with Gasteiger partial charge < -0.3 is 15.0 Å². The Balaban J connectivity index is 2.54. The lowest BCUT2D eigenvalue weighted by atomic mass is 10.1. The maximum atomic E-state index is 13.7. The summed E-state index contributed by atoms with van der Waals surface area (Å²) < 4.78 is 31.7. The number of nitrogens with one attached hydrogen (secondary N) is 1. The molecule has 2 amide bonds. The monoisotopic (exact) mass is 543 g/mol. The van der Waals surface area contributed by atoms with Crippen molar-refractivity contribution in [3.05, 3.63) is 58.1 Å². The molecule has 11 heteroatoms. The maximum Gasteiger partial charge on any atom is 0.244 e. The molecule has 35 heavy (non-hydrogen) atoms. The van der Waals surface area contributed by atoms with Crippen molar-refractivity contribution in [1.29, 1.82) is 0 Å². The molecule has 0 radical (unpaired) electrons. The Morgan fingerprint density at radius 2 is 1.66 bits per heavy atom. The van der Waals surface area contributed by atoms with Crippen LogP contribution in [0.4, 0.5) is 5.69 Å².